The van der Waals surface area contributed by atoms with Gasteiger partial charge in [0.1, 0.15) is 0 Å². The second-order valence-corrected chi connectivity index (χ2v) is 7.51. The van der Waals surface area contributed by atoms with Gasteiger partial charge in [-0.1, -0.05) is 13.8 Å². The minimum absolute atomic E-state index is 0.672. The zero-order chi connectivity index (χ0) is 15.1. The topological polar surface area (TPSA) is 18.5 Å². The Hall–Kier alpha value is -0.120. The lowest BCUT2D eigenvalue weighted by atomic mass is 9.91. The van der Waals surface area contributed by atoms with E-state index in [-0.39, 0.29) is 0 Å². The van der Waals surface area contributed by atoms with E-state index in [4.69, 9.17) is 0 Å². The summed E-state index contributed by atoms with van der Waals surface area (Å²) in [5, 5.41) is 3.84. The number of hydrogen-bond donors (Lipinski definition) is 1. The Bertz CT molecular complexity index is 274. The molecule has 3 unspecified atom stereocenters. The molecule has 2 aliphatic heterocycles. The number of nitrogens with one attached hydrogen (secondary N) is 1. The second-order valence-electron chi connectivity index (χ2n) is 7.51. The molecule has 2 saturated heterocycles. The van der Waals surface area contributed by atoms with Gasteiger partial charge in [0.25, 0.3) is 0 Å². The third-order valence-electron chi connectivity index (χ3n) is 5.35. The van der Waals surface area contributed by atoms with Crippen LogP contribution in [0.3, 0.4) is 0 Å². The Morgan fingerprint density at radius 1 is 1.05 bits per heavy atom. The van der Waals surface area contributed by atoms with Gasteiger partial charge in [-0.3, -0.25) is 0 Å². The van der Waals surface area contributed by atoms with Gasteiger partial charge < -0.3 is 15.1 Å². The molecule has 0 spiro atoms. The lowest BCUT2D eigenvalue weighted by Gasteiger charge is -2.36. The summed E-state index contributed by atoms with van der Waals surface area (Å²) in [6.45, 7) is 16.1. The van der Waals surface area contributed by atoms with Crippen molar-refractivity contribution in [3.05, 3.63) is 0 Å². The van der Waals surface area contributed by atoms with E-state index in [2.05, 4.69) is 35.9 Å². The lowest BCUT2D eigenvalue weighted by Crippen LogP contribution is -2.46. The normalized spacial score (nSPS) is 27.9. The Morgan fingerprint density at radius 3 is 2.48 bits per heavy atom. The van der Waals surface area contributed by atoms with Crippen LogP contribution in [0.2, 0.25) is 0 Å². The van der Waals surface area contributed by atoms with Crippen LogP contribution in [0.4, 0.5) is 0 Å². The lowest BCUT2D eigenvalue weighted by molar-refractivity contribution is 0.148. The van der Waals surface area contributed by atoms with Crippen LogP contribution in [-0.2, 0) is 0 Å². The fourth-order valence-corrected chi connectivity index (χ4v) is 4.04. The van der Waals surface area contributed by atoms with E-state index in [0.717, 1.165) is 11.8 Å². The first-order valence-corrected chi connectivity index (χ1v) is 9.37. The molecule has 2 aliphatic rings. The number of nitrogens with zero attached hydrogens (tertiary/aromatic N) is 2. The largest absolute Gasteiger partial charge is 0.314 e. The van der Waals surface area contributed by atoms with Crippen molar-refractivity contribution in [2.75, 3.05) is 45.8 Å². The fourth-order valence-electron chi connectivity index (χ4n) is 4.04. The van der Waals surface area contributed by atoms with Gasteiger partial charge in [0.05, 0.1) is 0 Å². The molecule has 0 saturated carbocycles. The number of piperidine rings is 1. The molecule has 0 radical (unpaired) electrons. The highest BCUT2D eigenvalue weighted by molar-refractivity contribution is 4.81. The maximum atomic E-state index is 3.84. The van der Waals surface area contributed by atoms with Gasteiger partial charge in [0.15, 0.2) is 0 Å². The van der Waals surface area contributed by atoms with Gasteiger partial charge >= 0.3 is 0 Å². The molecule has 2 rings (SSSR count). The Labute approximate surface area is 132 Å². The van der Waals surface area contributed by atoms with E-state index >= 15 is 0 Å². The highest BCUT2D eigenvalue weighted by atomic mass is 15.1. The van der Waals surface area contributed by atoms with Crippen LogP contribution in [0.5, 0.6) is 0 Å². The van der Waals surface area contributed by atoms with Gasteiger partial charge in [0.2, 0.25) is 0 Å². The first-order chi connectivity index (χ1) is 10.2. The molecule has 0 aromatic carbocycles. The molecule has 0 aliphatic carbocycles. The predicted molar refractivity (Wildman–Crippen MR) is 91.8 cm³/mol. The fraction of sp³-hybridized carbons (Fsp3) is 1.00. The molecule has 0 aromatic heterocycles. The number of likely N-dealkylation sites (tertiary alicyclic amines) is 2. The molecule has 0 amide bonds. The summed E-state index contributed by atoms with van der Waals surface area (Å²) in [5.41, 5.74) is 0. The van der Waals surface area contributed by atoms with Crippen LogP contribution in [0.25, 0.3) is 0 Å². The minimum atomic E-state index is 0.672. The van der Waals surface area contributed by atoms with Gasteiger partial charge in [-0.05, 0) is 83.6 Å². The van der Waals surface area contributed by atoms with Crippen molar-refractivity contribution in [2.24, 2.45) is 11.8 Å². The molecule has 3 atom stereocenters. The van der Waals surface area contributed by atoms with Crippen LogP contribution in [-0.4, -0.2) is 61.7 Å². The zero-order valence-electron chi connectivity index (χ0n) is 14.6. The maximum absolute atomic E-state index is 3.84. The SMILES string of the molecule is CCCN1CCCC(C(C)NCC(C)CN2CCCC2)C1. The van der Waals surface area contributed by atoms with E-state index < -0.39 is 0 Å². The standard InChI is InChI=1S/C18H37N3/c1-4-9-20-12-7-8-18(15-20)17(3)19-13-16(2)14-21-10-5-6-11-21/h16-19H,4-15H2,1-3H3. The third-order valence-corrected chi connectivity index (χ3v) is 5.35. The summed E-state index contributed by atoms with van der Waals surface area (Å²) in [6, 6.07) is 0.672. The maximum Gasteiger partial charge on any atom is 0.00793 e. The van der Waals surface area contributed by atoms with Crippen LogP contribution < -0.4 is 5.32 Å². The van der Waals surface area contributed by atoms with Crippen molar-refractivity contribution in [1.29, 1.82) is 0 Å². The minimum Gasteiger partial charge on any atom is -0.314 e. The molecule has 21 heavy (non-hydrogen) atoms. The summed E-state index contributed by atoms with van der Waals surface area (Å²) in [7, 11) is 0. The average Bonchev–Trinajstić information content (AvgIpc) is 2.98. The van der Waals surface area contributed by atoms with Crippen molar-refractivity contribution in [2.45, 2.75) is 58.9 Å². The summed E-state index contributed by atoms with van der Waals surface area (Å²) in [4.78, 5) is 5.31. The summed E-state index contributed by atoms with van der Waals surface area (Å²) in [6.07, 6.45) is 6.91. The number of hydrogen-bond acceptors (Lipinski definition) is 3. The van der Waals surface area contributed by atoms with Crippen molar-refractivity contribution >= 4 is 0 Å². The molecule has 0 aromatic rings. The Morgan fingerprint density at radius 2 is 1.76 bits per heavy atom. The van der Waals surface area contributed by atoms with E-state index in [1.807, 2.05) is 0 Å². The van der Waals surface area contributed by atoms with Crippen molar-refractivity contribution in [3.8, 4) is 0 Å². The molecule has 2 fully saturated rings. The highest BCUT2D eigenvalue weighted by Crippen LogP contribution is 2.20. The molecule has 2 heterocycles. The highest BCUT2D eigenvalue weighted by Gasteiger charge is 2.24. The van der Waals surface area contributed by atoms with Gasteiger partial charge in [-0.2, -0.15) is 0 Å². The molecular weight excluding hydrogens is 258 g/mol. The first kappa shape index (κ1) is 17.2. The second kappa shape index (κ2) is 9.12. The monoisotopic (exact) mass is 295 g/mol. The van der Waals surface area contributed by atoms with Crippen molar-refractivity contribution in [1.82, 2.24) is 15.1 Å². The van der Waals surface area contributed by atoms with E-state index in [1.54, 1.807) is 0 Å². The third kappa shape index (κ3) is 5.88. The van der Waals surface area contributed by atoms with Gasteiger partial charge in [0, 0.05) is 19.1 Å². The van der Waals surface area contributed by atoms with Crippen LogP contribution >= 0.6 is 0 Å². The van der Waals surface area contributed by atoms with Crippen molar-refractivity contribution < 1.29 is 0 Å². The van der Waals surface area contributed by atoms with E-state index in [1.165, 1.54) is 77.9 Å². The van der Waals surface area contributed by atoms with E-state index in [0.29, 0.717) is 6.04 Å². The smallest absolute Gasteiger partial charge is 0.00793 e. The quantitative estimate of drug-likeness (QED) is 0.743. The van der Waals surface area contributed by atoms with Crippen LogP contribution in [0, 0.1) is 11.8 Å². The Kier molecular flexibility index (Phi) is 7.48. The summed E-state index contributed by atoms with van der Waals surface area (Å²) < 4.78 is 0. The molecule has 124 valence electrons. The molecule has 1 N–H and O–H groups in total. The predicted octanol–water partition coefficient (Wildman–Crippen LogP) is 2.82. The molecule has 0 bridgehead atoms. The van der Waals surface area contributed by atoms with Crippen LogP contribution in [0.15, 0.2) is 0 Å². The average molecular weight is 296 g/mol. The van der Waals surface area contributed by atoms with Crippen molar-refractivity contribution in [3.63, 3.8) is 0 Å². The molecular formula is C18H37N3. The van der Waals surface area contributed by atoms with E-state index in [9.17, 15) is 0 Å². The number of rotatable bonds is 8. The first-order valence-electron chi connectivity index (χ1n) is 9.37. The molecule has 3 heteroatoms. The van der Waals surface area contributed by atoms with Gasteiger partial charge in [-0.25, -0.2) is 0 Å². The summed E-state index contributed by atoms with van der Waals surface area (Å²) >= 11 is 0. The van der Waals surface area contributed by atoms with Crippen LogP contribution in [0.1, 0.15) is 52.9 Å². The Balaban J connectivity index is 1.64. The van der Waals surface area contributed by atoms with Gasteiger partial charge in [-0.15, -0.1) is 0 Å². The zero-order valence-corrected chi connectivity index (χ0v) is 14.6. The molecule has 3 nitrogen and oxygen atoms in total. The summed E-state index contributed by atoms with van der Waals surface area (Å²) in [5.74, 6) is 1.63.